The second-order valence-corrected chi connectivity index (χ2v) is 6.23. The summed E-state index contributed by atoms with van der Waals surface area (Å²) in [7, 11) is 0. The summed E-state index contributed by atoms with van der Waals surface area (Å²) in [6, 6.07) is 0. The minimum absolute atomic E-state index is 0.00706. The zero-order valence-corrected chi connectivity index (χ0v) is 13.8. The third-order valence-electron chi connectivity index (χ3n) is 3.71. The summed E-state index contributed by atoms with van der Waals surface area (Å²) in [4.78, 5) is 12.1. The van der Waals surface area contributed by atoms with Crippen molar-refractivity contribution in [2.24, 2.45) is 11.8 Å². The van der Waals surface area contributed by atoms with E-state index in [0.717, 1.165) is 12.8 Å². The van der Waals surface area contributed by atoms with Gasteiger partial charge in [0.05, 0.1) is 19.7 Å². The first-order valence-electron chi connectivity index (χ1n) is 7.21. The van der Waals surface area contributed by atoms with Gasteiger partial charge in [0.1, 0.15) is 5.52 Å². The van der Waals surface area contributed by atoms with Crippen LogP contribution in [0, 0.1) is 11.8 Å². The predicted octanol–water partition coefficient (Wildman–Crippen LogP) is 4.49. The third kappa shape index (κ3) is 4.26. The maximum atomic E-state index is 12.8. The topological polar surface area (TPSA) is 43.6 Å². The van der Waals surface area contributed by atoms with Gasteiger partial charge >= 0.3 is 0 Å². The van der Waals surface area contributed by atoms with Crippen molar-refractivity contribution in [2.75, 3.05) is 13.3 Å². The number of nitrogens with zero attached hydrogens (tertiary/aromatic N) is 4. The number of halogens is 4. The highest BCUT2D eigenvalue weighted by Crippen LogP contribution is 2.25. The predicted molar refractivity (Wildman–Crippen MR) is 83.8 cm³/mol. The highest BCUT2D eigenvalue weighted by molar-refractivity contribution is 6.35. The van der Waals surface area contributed by atoms with Crippen LogP contribution >= 0.6 is 23.2 Å². The van der Waals surface area contributed by atoms with E-state index in [1.807, 2.05) is 11.5 Å². The van der Waals surface area contributed by atoms with Gasteiger partial charge in [-0.15, -0.1) is 0 Å². The molecule has 2 atom stereocenters. The van der Waals surface area contributed by atoms with Crippen molar-refractivity contribution in [2.45, 2.75) is 32.7 Å². The van der Waals surface area contributed by atoms with Crippen molar-refractivity contribution in [3.05, 3.63) is 16.8 Å². The van der Waals surface area contributed by atoms with E-state index in [9.17, 15) is 8.78 Å². The summed E-state index contributed by atoms with van der Waals surface area (Å²) in [5.41, 5.74) is 1.01. The highest BCUT2D eigenvalue weighted by Gasteiger charge is 2.16. The van der Waals surface area contributed by atoms with Gasteiger partial charge in [-0.25, -0.2) is 9.97 Å². The molecule has 2 heterocycles. The molecule has 0 aliphatic rings. The Morgan fingerprint density at radius 2 is 1.95 bits per heavy atom. The third-order valence-corrected chi connectivity index (χ3v) is 4.14. The molecule has 0 fully saturated rings. The van der Waals surface area contributed by atoms with Crippen molar-refractivity contribution < 1.29 is 8.78 Å². The Balaban J connectivity index is 2.16. The van der Waals surface area contributed by atoms with Crippen molar-refractivity contribution in [1.29, 1.82) is 0 Å². The summed E-state index contributed by atoms with van der Waals surface area (Å²) in [5, 5.41) is 0.267. The second-order valence-electron chi connectivity index (χ2n) is 5.53. The van der Waals surface area contributed by atoms with E-state index in [1.54, 1.807) is 6.33 Å². The van der Waals surface area contributed by atoms with E-state index < -0.39 is 6.67 Å². The fraction of sp³-hybridized carbons (Fsp3) is 0.643. The summed E-state index contributed by atoms with van der Waals surface area (Å²) in [6.45, 7) is 1.64. The Kier molecular flexibility index (Phi) is 6.32. The van der Waals surface area contributed by atoms with Crippen LogP contribution in [0.25, 0.3) is 11.2 Å². The lowest BCUT2D eigenvalue weighted by molar-refractivity contribution is 0.291. The van der Waals surface area contributed by atoms with Gasteiger partial charge < -0.3 is 4.57 Å². The Morgan fingerprint density at radius 1 is 1.18 bits per heavy atom. The van der Waals surface area contributed by atoms with Crippen molar-refractivity contribution in [1.82, 2.24) is 19.5 Å². The number of hydrogen-bond acceptors (Lipinski definition) is 3. The first-order chi connectivity index (χ1) is 10.5. The average molecular weight is 351 g/mol. The Morgan fingerprint density at radius 3 is 2.64 bits per heavy atom. The molecule has 22 heavy (non-hydrogen) atoms. The molecule has 0 aliphatic heterocycles. The molecule has 0 unspecified atom stereocenters. The standard InChI is InChI=1S/C14H18Cl2F2N4/c1-9(6-18)2-3-10(4-5-17)7-22-8-19-13-11(22)12(15)20-14(16)21-13/h8-10H,2-7H2,1H3/t9-,10-/m1/s1. The van der Waals surface area contributed by atoms with Gasteiger partial charge in [0.15, 0.2) is 10.8 Å². The normalized spacial score (nSPS) is 14.4. The molecule has 4 nitrogen and oxygen atoms in total. The largest absolute Gasteiger partial charge is 0.326 e. The number of alkyl halides is 2. The molecule has 0 bridgehead atoms. The Hall–Kier alpha value is -1.01. The molecule has 8 heteroatoms. The molecule has 0 radical (unpaired) electrons. The molecular weight excluding hydrogens is 333 g/mol. The zero-order chi connectivity index (χ0) is 16.1. The number of aromatic nitrogens is 4. The zero-order valence-electron chi connectivity index (χ0n) is 12.3. The van der Waals surface area contributed by atoms with Crippen molar-refractivity contribution >= 4 is 34.4 Å². The lowest BCUT2D eigenvalue weighted by Gasteiger charge is -2.18. The fourth-order valence-corrected chi connectivity index (χ4v) is 2.89. The summed E-state index contributed by atoms with van der Waals surface area (Å²) in [5.74, 6) is 0.0792. The van der Waals surface area contributed by atoms with Gasteiger partial charge in [-0.2, -0.15) is 4.98 Å². The molecule has 2 rings (SSSR count). The van der Waals surface area contributed by atoms with Crippen molar-refractivity contribution in [3.63, 3.8) is 0 Å². The van der Waals surface area contributed by atoms with Crippen LogP contribution < -0.4 is 0 Å². The molecule has 122 valence electrons. The summed E-state index contributed by atoms with van der Waals surface area (Å²) >= 11 is 11.8. The molecule has 0 saturated carbocycles. The van der Waals surface area contributed by atoms with Gasteiger partial charge in [0.25, 0.3) is 0 Å². The number of hydrogen-bond donors (Lipinski definition) is 0. The maximum absolute atomic E-state index is 12.8. The van der Waals surface area contributed by atoms with Crippen LogP contribution in [0.3, 0.4) is 0 Å². The van der Waals surface area contributed by atoms with E-state index in [4.69, 9.17) is 23.2 Å². The quantitative estimate of drug-likeness (QED) is 0.520. The van der Waals surface area contributed by atoms with Gasteiger partial charge in [0.2, 0.25) is 5.28 Å². The SMILES string of the molecule is C[C@@H](CF)CC[C@H](CCF)Cn1cnc2nc(Cl)nc(Cl)c21. The van der Waals surface area contributed by atoms with Crippen LogP contribution in [-0.2, 0) is 6.54 Å². The Bertz CT molecular complexity index is 620. The van der Waals surface area contributed by atoms with Gasteiger partial charge in [-0.05, 0) is 42.7 Å². The first kappa shape index (κ1) is 17.3. The molecule has 0 N–H and O–H groups in total. The van der Waals surface area contributed by atoms with Gasteiger partial charge in [0, 0.05) is 6.54 Å². The molecule has 2 aromatic heterocycles. The summed E-state index contributed by atoms with van der Waals surface area (Å²) < 4.78 is 27.1. The van der Waals surface area contributed by atoms with Crippen molar-refractivity contribution in [3.8, 4) is 0 Å². The van der Waals surface area contributed by atoms with Gasteiger partial charge in [-0.1, -0.05) is 18.5 Å². The number of rotatable bonds is 8. The van der Waals surface area contributed by atoms with Gasteiger partial charge in [-0.3, -0.25) is 8.78 Å². The minimum Gasteiger partial charge on any atom is -0.326 e. The van der Waals surface area contributed by atoms with Crippen LogP contribution in [0.1, 0.15) is 26.2 Å². The van der Waals surface area contributed by atoms with E-state index in [2.05, 4.69) is 15.0 Å². The van der Waals surface area contributed by atoms with E-state index >= 15 is 0 Å². The second kappa shape index (κ2) is 8.02. The molecule has 0 aliphatic carbocycles. The van der Waals surface area contributed by atoms with Crippen LogP contribution in [0.4, 0.5) is 8.78 Å². The maximum Gasteiger partial charge on any atom is 0.225 e. The average Bonchev–Trinajstić information content (AvgIpc) is 2.87. The number of imidazole rings is 1. The first-order valence-corrected chi connectivity index (χ1v) is 7.96. The molecule has 0 spiro atoms. The van der Waals surface area contributed by atoms with E-state index in [-0.39, 0.29) is 28.9 Å². The Labute approximate surface area is 137 Å². The monoisotopic (exact) mass is 350 g/mol. The van der Waals surface area contributed by atoms with Crippen LogP contribution in [0.2, 0.25) is 10.4 Å². The van der Waals surface area contributed by atoms with Crippen LogP contribution in [0.15, 0.2) is 6.33 Å². The summed E-state index contributed by atoms with van der Waals surface area (Å²) in [6.07, 6.45) is 3.50. The molecule has 0 aromatic carbocycles. The minimum atomic E-state index is -0.405. The molecular formula is C14H18Cl2F2N4. The number of fused-ring (bicyclic) bond motifs is 1. The lowest BCUT2D eigenvalue weighted by atomic mass is 9.95. The van der Waals surface area contributed by atoms with E-state index in [0.29, 0.717) is 24.1 Å². The van der Waals surface area contributed by atoms with Crippen LogP contribution in [0.5, 0.6) is 0 Å². The molecule has 0 saturated heterocycles. The van der Waals surface area contributed by atoms with Crippen LogP contribution in [-0.4, -0.2) is 32.9 Å². The smallest absolute Gasteiger partial charge is 0.225 e. The highest BCUT2D eigenvalue weighted by atomic mass is 35.5. The van der Waals surface area contributed by atoms with E-state index in [1.165, 1.54) is 0 Å². The lowest BCUT2D eigenvalue weighted by Crippen LogP contribution is -2.13. The molecule has 0 amide bonds. The fourth-order valence-electron chi connectivity index (χ4n) is 2.41. The molecule has 2 aromatic rings.